The van der Waals surface area contributed by atoms with Gasteiger partial charge in [-0.15, -0.1) is 0 Å². The van der Waals surface area contributed by atoms with Gasteiger partial charge in [-0.25, -0.2) is 0 Å². The van der Waals surface area contributed by atoms with Crippen LogP contribution in [0.1, 0.15) is 5.56 Å². The van der Waals surface area contributed by atoms with Gasteiger partial charge >= 0.3 is 0 Å². The second-order valence-corrected chi connectivity index (χ2v) is 4.07. The highest BCUT2D eigenvalue weighted by Gasteiger charge is 2.29. The molecular formula is C12H17NO2. The van der Waals surface area contributed by atoms with Crippen LogP contribution in [-0.2, 0) is 11.3 Å². The second-order valence-electron chi connectivity index (χ2n) is 4.07. The summed E-state index contributed by atoms with van der Waals surface area (Å²) in [7, 11) is 2.02. The fourth-order valence-corrected chi connectivity index (χ4v) is 1.94. The third-order valence-electron chi connectivity index (χ3n) is 2.86. The van der Waals surface area contributed by atoms with Crippen molar-refractivity contribution in [3.8, 4) is 0 Å². The molecule has 1 aliphatic rings. The molecule has 3 heteroatoms. The molecule has 0 aromatic heterocycles. The van der Waals surface area contributed by atoms with E-state index in [2.05, 4.69) is 17.0 Å². The molecule has 0 aliphatic carbocycles. The second kappa shape index (κ2) is 4.75. The van der Waals surface area contributed by atoms with Crippen molar-refractivity contribution in [1.29, 1.82) is 0 Å². The van der Waals surface area contributed by atoms with E-state index in [0.29, 0.717) is 13.2 Å². The quantitative estimate of drug-likeness (QED) is 0.798. The van der Waals surface area contributed by atoms with Crippen molar-refractivity contribution >= 4 is 0 Å². The highest BCUT2D eigenvalue weighted by atomic mass is 16.5. The first-order valence-electron chi connectivity index (χ1n) is 5.27. The summed E-state index contributed by atoms with van der Waals surface area (Å²) in [4.78, 5) is 2.15. The molecule has 2 rings (SSSR count). The van der Waals surface area contributed by atoms with Gasteiger partial charge in [0, 0.05) is 6.54 Å². The summed E-state index contributed by atoms with van der Waals surface area (Å²) in [6, 6.07) is 10.4. The molecule has 0 bridgehead atoms. The van der Waals surface area contributed by atoms with Crippen LogP contribution in [0.2, 0.25) is 0 Å². The number of likely N-dealkylation sites (N-methyl/N-ethyl adjacent to an activating group) is 1. The van der Waals surface area contributed by atoms with Gasteiger partial charge in [-0.3, -0.25) is 4.90 Å². The molecule has 1 heterocycles. The van der Waals surface area contributed by atoms with E-state index in [4.69, 9.17) is 4.74 Å². The first-order valence-corrected chi connectivity index (χ1v) is 5.27. The summed E-state index contributed by atoms with van der Waals surface area (Å²) in [6.45, 7) is 1.94. The predicted octanol–water partition coefficient (Wildman–Crippen LogP) is 0.878. The van der Waals surface area contributed by atoms with Crippen molar-refractivity contribution < 1.29 is 9.84 Å². The van der Waals surface area contributed by atoms with Gasteiger partial charge in [-0.1, -0.05) is 30.3 Å². The molecule has 1 N–H and O–H groups in total. The van der Waals surface area contributed by atoms with Crippen LogP contribution in [0, 0.1) is 0 Å². The van der Waals surface area contributed by atoms with E-state index >= 15 is 0 Å². The molecule has 1 aliphatic heterocycles. The van der Waals surface area contributed by atoms with Crippen LogP contribution in [0.15, 0.2) is 30.3 Å². The maximum absolute atomic E-state index is 9.67. The third kappa shape index (κ3) is 2.56. The van der Waals surface area contributed by atoms with E-state index in [9.17, 15) is 5.11 Å². The van der Waals surface area contributed by atoms with Crippen molar-refractivity contribution in [2.24, 2.45) is 0 Å². The lowest BCUT2D eigenvalue weighted by Crippen LogP contribution is -2.39. The van der Waals surface area contributed by atoms with Gasteiger partial charge in [0.1, 0.15) is 0 Å². The van der Waals surface area contributed by atoms with E-state index in [1.54, 1.807) is 0 Å². The van der Waals surface area contributed by atoms with E-state index in [-0.39, 0.29) is 12.1 Å². The predicted molar refractivity (Wildman–Crippen MR) is 58.5 cm³/mol. The van der Waals surface area contributed by atoms with Gasteiger partial charge in [0.15, 0.2) is 0 Å². The van der Waals surface area contributed by atoms with Crippen molar-refractivity contribution in [1.82, 2.24) is 4.90 Å². The Balaban J connectivity index is 1.94. The monoisotopic (exact) mass is 207 g/mol. The fraction of sp³-hybridized carbons (Fsp3) is 0.500. The summed E-state index contributed by atoms with van der Waals surface area (Å²) in [5, 5.41) is 9.67. The number of rotatable bonds is 3. The standard InChI is InChI=1S/C12H17NO2/c1-13(11-8-15-9-12(11)14)7-10-5-3-2-4-6-10/h2-6,11-12,14H,7-9H2,1H3/t11-,12-/m1/s1. The average molecular weight is 207 g/mol. The Kier molecular flexibility index (Phi) is 3.36. The van der Waals surface area contributed by atoms with Gasteiger partial charge in [0.25, 0.3) is 0 Å². The number of aliphatic hydroxyl groups is 1. The Labute approximate surface area is 90.3 Å². The smallest absolute Gasteiger partial charge is 0.0950 e. The minimum atomic E-state index is -0.348. The van der Waals surface area contributed by atoms with E-state index in [0.717, 1.165) is 6.54 Å². The Hall–Kier alpha value is -0.900. The number of nitrogens with zero attached hydrogens (tertiary/aromatic N) is 1. The Morgan fingerprint density at radius 3 is 2.67 bits per heavy atom. The first-order chi connectivity index (χ1) is 7.27. The lowest BCUT2D eigenvalue weighted by Gasteiger charge is -2.25. The minimum absolute atomic E-state index is 0.130. The number of ether oxygens (including phenoxy) is 1. The average Bonchev–Trinajstić information content (AvgIpc) is 2.66. The molecule has 1 saturated heterocycles. The highest BCUT2D eigenvalue weighted by Crippen LogP contribution is 2.14. The Morgan fingerprint density at radius 2 is 2.07 bits per heavy atom. The molecule has 1 fully saturated rings. The van der Waals surface area contributed by atoms with Crippen molar-refractivity contribution in [3.05, 3.63) is 35.9 Å². The largest absolute Gasteiger partial charge is 0.389 e. The zero-order valence-corrected chi connectivity index (χ0v) is 8.97. The zero-order valence-electron chi connectivity index (χ0n) is 8.97. The van der Waals surface area contributed by atoms with Gasteiger partial charge in [-0.2, -0.15) is 0 Å². The molecule has 15 heavy (non-hydrogen) atoms. The summed E-state index contributed by atoms with van der Waals surface area (Å²) in [5.41, 5.74) is 1.26. The summed E-state index contributed by atoms with van der Waals surface area (Å²) in [5.74, 6) is 0. The van der Waals surface area contributed by atoms with Crippen molar-refractivity contribution in [3.63, 3.8) is 0 Å². The summed E-state index contributed by atoms with van der Waals surface area (Å²) in [6.07, 6.45) is -0.348. The van der Waals surface area contributed by atoms with E-state index < -0.39 is 0 Å². The fourth-order valence-electron chi connectivity index (χ4n) is 1.94. The summed E-state index contributed by atoms with van der Waals surface area (Å²) >= 11 is 0. The topological polar surface area (TPSA) is 32.7 Å². The van der Waals surface area contributed by atoms with Crippen LogP contribution in [0.25, 0.3) is 0 Å². The lowest BCUT2D eigenvalue weighted by atomic mass is 10.1. The van der Waals surface area contributed by atoms with Crippen LogP contribution >= 0.6 is 0 Å². The molecule has 1 aromatic rings. The van der Waals surface area contributed by atoms with Gasteiger partial charge in [0.2, 0.25) is 0 Å². The molecule has 0 saturated carbocycles. The number of hydrogen-bond donors (Lipinski definition) is 1. The lowest BCUT2D eigenvalue weighted by molar-refractivity contribution is 0.0925. The molecular weight excluding hydrogens is 190 g/mol. The number of hydrogen-bond acceptors (Lipinski definition) is 3. The normalized spacial score (nSPS) is 26.1. The molecule has 0 spiro atoms. The van der Waals surface area contributed by atoms with Crippen molar-refractivity contribution in [2.45, 2.75) is 18.7 Å². The van der Waals surface area contributed by atoms with Crippen LogP contribution < -0.4 is 0 Å². The SMILES string of the molecule is CN(Cc1ccccc1)[C@@H]1COC[C@H]1O. The zero-order chi connectivity index (χ0) is 10.7. The molecule has 82 valence electrons. The van der Waals surface area contributed by atoms with Crippen LogP contribution in [0.3, 0.4) is 0 Å². The number of benzene rings is 1. The first kappa shape index (κ1) is 10.6. The molecule has 0 amide bonds. The Morgan fingerprint density at radius 1 is 1.33 bits per heavy atom. The summed E-state index contributed by atoms with van der Waals surface area (Å²) < 4.78 is 5.24. The maximum atomic E-state index is 9.67. The van der Waals surface area contributed by atoms with Crippen LogP contribution in [-0.4, -0.2) is 42.4 Å². The van der Waals surface area contributed by atoms with E-state index in [1.807, 2.05) is 25.2 Å². The van der Waals surface area contributed by atoms with E-state index in [1.165, 1.54) is 5.56 Å². The minimum Gasteiger partial charge on any atom is -0.389 e. The molecule has 1 aromatic carbocycles. The van der Waals surface area contributed by atoms with Crippen LogP contribution in [0.5, 0.6) is 0 Å². The molecule has 2 atom stereocenters. The van der Waals surface area contributed by atoms with Gasteiger partial charge in [-0.05, 0) is 12.6 Å². The number of aliphatic hydroxyl groups excluding tert-OH is 1. The van der Waals surface area contributed by atoms with Crippen LogP contribution in [0.4, 0.5) is 0 Å². The van der Waals surface area contributed by atoms with Gasteiger partial charge in [0.05, 0.1) is 25.4 Å². The molecule has 0 unspecified atom stereocenters. The maximum Gasteiger partial charge on any atom is 0.0950 e. The molecule has 3 nitrogen and oxygen atoms in total. The Bertz CT molecular complexity index is 302. The molecule has 0 radical (unpaired) electrons. The van der Waals surface area contributed by atoms with Gasteiger partial charge < -0.3 is 9.84 Å². The highest BCUT2D eigenvalue weighted by molar-refractivity contribution is 5.14. The van der Waals surface area contributed by atoms with Crippen molar-refractivity contribution in [2.75, 3.05) is 20.3 Å². The third-order valence-corrected chi connectivity index (χ3v) is 2.86.